The molecule has 5 nitrogen and oxygen atoms in total. The van der Waals surface area contributed by atoms with Gasteiger partial charge in [0.2, 0.25) is 0 Å². The van der Waals surface area contributed by atoms with Crippen molar-refractivity contribution in [2.45, 2.75) is 6.54 Å². The summed E-state index contributed by atoms with van der Waals surface area (Å²) in [6.45, 7) is -0.00886. The van der Waals surface area contributed by atoms with Crippen molar-refractivity contribution in [3.8, 4) is 9.88 Å². The molecule has 0 unspecified atom stereocenters. The van der Waals surface area contributed by atoms with Crippen LogP contribution in [-0.2, 0) is 16.1 Å². The Bertz CT molecular complexity index is 860. The normalized spacial score (nSPS) is 10.4. The standard InChI is InChI=1S/C17H13ClN2O3S2/c18-12-5-3-11(4-6-12)8-19-15(21)9-23-17(22)13-10-25-16(20-13)14-2-1-7-24-14/h1-7,10H,8-9H2,(H,19,21). The van der Waals surface area contributed by atoms with Crippen molar-refractivity contribution in [3.05, 3.63) is 63.4 Å². The van der Waals surface area contributed by atoms with Crippen LogP contribution in [-0.4, -0.2) is 23.5 Å². The number of carbonyl (C=O) groups is 2. The molecule has 2 heterocycles. The zero-order valence-electron chi connectivity index (χ0n) is 12.9. The van der Waals surface area contributed by atoms with Gasteiger partial charge in [0.15, 0.2) is 12.3 Å². The second-order valence-electron chi connectivity index (χ2n) is 4.99. The van der Waals surface area contributed by atoms with E-state index in [0.29, 0.717) is 11.6 Å². The number of hydrogen-bond donors (Lipinski definition) is 1. The van der Waals surface area contributed by atoms with Crippen LogP contribution in [0.25, 0.3) is 9.88 Å². The maximum absolute atomic E-state index is 12.0. The van der Waals surface area contributed by atoms with Gasteiger partial charge in [0.25, 0.3) is 5.91 Å². The fourth-order valence-corrected chi connectivity index (χ4v) is 3.67. The van der Waals surface area contributed by atoms with Gasteiger partial charge in [-0.05, 0) is 29.1 Å². The number of halogens is 1. The second-order valence-corrected chi connectivity index (χ2v) is 7.24. The molecule has 25 heavy (non-hydrogen) atoms. The highest BCUT2D eigenvalue weighted by Gasteiger charge is 2.15. The van der Waals surface area contributed by atoms with E-state index in [4.69, 9.17) is 16.3 Å². The molecule has 3 aromatic rings. The number of nitrogens with zero attached hydrogens (tertiary/aromatic N) is 1. The molecule has 0 spiro atoms. The van der Waals surface area contributed by atoms with Crippen molar-refractivity contribution in [1.29, 1.82) is 0 Å². The Hall–Kier alpha value is -2.22. The van der Waals surface area contributed by atoms with Crippen molar-refractivity contribution in [1.82, 2.24) is 10.3 Å². The molecule has 1 aromatic carbocycles. The summed E-state index contributed by atoms with van der Waals surface area (Å²) in [5.41, 5.74) is 1.11. The van der Waals surface area contributed by atoms with Crippen LogP contribution in [0.3, 0.4) is 0 Å². The van der Waals surface area contributed by atoms with Crippen LogP contribution < -0.4 is 5.32 Å². The third-order valence-corrected chi connectivity index (χ3v) is 5.32. The van der Waals surface area contributed by atoms with E-state index >= 15 is 0 Å². The lowest BCUT2D eigenvalue weighted by molar-refractivity contribution is -0.124. The first-order valence-electron chi connectivity index (χ1n) is 7.29. The molecule has 0 saturated carbocycles. The minimum absolute atomic E-state index is 0.207. The lowest BCUT2D eigenvalue weighted by Crippen LogP contribution is -2.28. The molecule has 0 bridgehead atoms. The summed E-state index contributed by atoms with van der Waals surface area (Å²) in [6, 6.07) is 11.0. The first-order valence-corrected chi connectivity index (χ1v) is 9.43. The highest BCUT2D eigenvalue weighted by molar-refractivity contribution is 7.20. The first-order chi connectivity index (χ1) is 12.1. The number of benzene rings is 1. The molecule has 2 aromatic heterocycles. The zero-order valence-corrected chi connectivity index (χ0v) is 15.3. The number of thiazole rings is 1. The van der Waals surface area contributed by atoms with E-state index in [9.17, 15) is 9.59 Å². The number of rotatable bonds is 6. The van der Waals surface area contributed by atoms with Crippen molar-refractivity contribution in [2.24, 2.45) is 0 Å². The molecule has 3 rings (SSSR count). The van der Waals surface area contributed by atoms with E-state index in [1.807, 2.05) is 29.6 Å². The zero-order chi connectivity index (χ0) is 17.6. The smallest absolute Gasteiger partial charge is 0.358 e. The van der Waals surface area contributed by atoms with Crippen LogP contribution in [0, 0.1) is 0 Å². The van der Waals surface area contributed by atoms with Crippen molar-refractivity contribution in [2.75, 3.05) is 6.61 Å². The highest BCUT2D eigenvalue weighted by atomic mass is 35.5. The van der Waals surface area contributed by atoms with Crippen LogP contribution in [0.1, 0.15) is 16.1 Å². The number of hydrogen-bond acceptors (Lipinski definition) is 6. The number of aromatic nitrogens is 1. The van der Waals surface area contributed by atoms with Crippen molar-refractivity contribution in [3.63, 3.8) is 0 Å². The molecule has 0 aliphatic heterocycles. The van der Waals surface area contributed by atoms with E-state index in [1.54, 1.807) is 28.8 Å². The monoisotopic (exact) mass is 392 g/mol. The first kappa shape index (κ1) is 17.6. The SMILES string of the molecule is O=C(COC(=O)c1csc(-c2cccs2)n1)NCc1ccc(Cl)cc1. The molecular weight excluding hydrogens is 380 g/mol. The van der Waals surface area contributed by atoms with Crippen molar-refractivity contribution >= 4 is 46.2 Å². The summed E-state index contributed by atoms with van der Waals surface area (Å²) < 4.78 is 5.00. The molecule has 0 saturated heterocycles. The maximum Gasteiger partial charge on any atom is 0.358 e. The van der Waals surface area contributed by atoms with Gasteiger partial charge in [-0.25, -0.2) is 9.78 Å². The molecule has 0 fully saturated rings. The molecule has 128 valence electrons. The van der Waals surface area contributed by atoms with E-state index in [2.05, 4.69) is 10.3 Å². The summed E-state index contributed by atoms with van der Waals surface area (Å²) in [7, 11) is 0. The Kier molecular flexibility index (Phi) is 5.80. The number of nitrogens with one attached hydrogen (secondary N) is 1. The van der Waals surface area contributed by atoms with Gasteiger partial charge in [0, 0.05) is 16.9 Å². The number of amides is 1. The van der Waals surface area contributed by atoms with E-state index in [-0.39, 0.29) is 18.2 Å². The minimum atomic E-state index is -0.610. The predicted molar refractivity (Wildman–Crippen MR) is 99.0 cm³/mol. The molecule has 0 atom stereocenters. The number of thiophene rings is 1. The summed E-state index contributed by atoms with van der Waals surface area (Å²) >= 11 is 8.72. The van der Waals surface area contributed by atoms with Gasteiger partial charge >= 0.3 is 5.97 Å². The molecule has 0 aliphatic rings. The van der Waals surface area contributed by atoms with Crippen LogP contribution in [0.4, 0.5) is 0 Å². The maximum atomic E-state index is 12.0. The minimum Gasteiger partial charge on any atom is -0.451 e. The molecule has 0 aliphatic carbocycles. The van der Waals surface area contributed by atoms with Crippen LogP contribution in [0.2, 0.25) is 5.02 Å². The summed E-state index contributed by atoms with van der Waals surface area (Å²) in [6.07, 6.45) is 0. The predicted octanol–water partition coefficient (Wildman–Crippen LogP) is 4.00. The van der Waals surface area contributed by atoms with E-state index < -0.39 is 5.97 Å². The highest BCUT2D eigenvalue weighted by Crippen LogP contribution is 2.27. The third kappa shape index (κ3) is 4.88. The summed E-state index contributed by atoms with van der Waals surface area (Å²) in [5, 5.41) is 7.64. The van der Waals surface area contributed by atoms with Gasteiger partial charge in [-0.15, -0.1) is 22.7 Å². The third-order valence-electron chi connectivity index (χ3n) is 3.18. The lowest BCUT2D eigenvalue weighted by atomic mass is 10.2. The van der Waals surface area contributed by atoms with Crippen molar-refractivity contribution < 1.29 is 14.3 Å². The largest absolute Gasteiger partial charge is 0.451 e. The molecule has 1 amide bonds. The van der Waals surface area contributed by atoms with Gasteiger partial charge in [0.1, 0.15) is 5.01 Å². The number of esters is 1. The van der Waals surface area contributed by atoms with Gasteiger partial charge in [-0.2, -0.15) is 0 Å². The molecule has 1 N–H and O–H groups in total. The van der Waals surface area contributed by atoms with Gasteiger partial charge in [-0.1, -0.05) is 29.8 Å². The number of ether oxygens (including phenoxy) is 1. The Morgan fingerprint density at radius 2 is 1.96 bits per heavy atom. The van der Waals surface area contributed by atoms with Gasteiger partial charge < -0.3 is 10.1 Å². The topological polar surface area (TPSA) is 68.3 Å². The quantitative estimate of drug-likeness (QED) is 0.644. The fourth-order valence-electron chi connectivity index (χ4n) is 1.94. The van der Waals surface area contributed by atoms with Gasteiger partial charge in [0.05, 0.1) is 4.88 Å². The second kappa shape index (κ2) is 8.24. The van der Waals surface area contributed by atoms with E-state index in [0.717, 1.165) is 15.4 Å². The Morgan fingerprint density at radius 3 is 2.68 bits per heavy atom. The molecule has 0 radical (unpaired) electrons. The van der Waals surface area contributed by atoms with Crippen LogP contribution in [0.15, 0.2) is 47.2 Å². The molecule has 8 heteroatoms. The average Bonchev–Trinajstić information content (AvgIpc) is 3.30. The van der Waals surface area contributed by atoms with E-state index in [1.165, 1.54) is 11.3 Å². The van der Waals surface area contributed by atoms with Crippen LogP contribution in [0.5, 0.6) is 0 Å². The summed E-state index contributed by atoms with van der Waals surface area (Å²) in [4.78, 5) is 29.0. The van der Waals surface area contributed by atoms with Gasteiger partial charge in [-0.3, -0.25) is 4.79 Å². The average molecular weight is 393 g/mol. The lowest BCUT2D eigenvalue weighted by Gasteiger charge is -2.06. The molecular formula is C17H13ClN2O3S2. The Balaban J connectivity index is 1.47. The Morgan fingerprint density at radius 1 is 1.16 bits per heavy atom. The summed E-state index contributed by atoms with van der Waals surface area (Å²) in [5.74, 6) is -0.988. The fraction of sp³-hybridized carbons (Fsp3) is 0.118. The Labute approximate surface area is 157 Å². The number of carbonyl (C=O) groups excluding carboxylic acids is 2. The van der Waals surface area contributed by atoms with Crippen LogP contribution >= 0.6 is 34.3 Å².